The number of carbonyl (C=O) groups excluding carboxylic acids is 2. The zero-order chi connectivity index (χ0) is 15.4. The lowest BCUT2D eigenvalue weighted by Gasteiger charge is -2.31. The van der Waals surface area contributed by atoms with Gasteiger partial charge in [0.2, 0.25) is 0 Å². The van der Waals surface area contributed by atoms with E-state index >= 15 is 0 Å². The fourth-order valence-electron chi connectivity index (χ4n) is 2.45. The molecule has 1 saturated heterocycles. The van der Waals surface area contributed by atoms with Gasteiger partial charge in [-0.05, 0) is 53.9 Å². The zero-order valence-electron chi connectivity index (χ0n) is 11.8. The number of amides is 1. The van der Waals surface area contributed by atoms with Crippen LogP contribution in [0.25, 0.3) is 0 Å². The maximum Gasteiger partial charge on any atom is 0.310 e. The van der Waals surface area contributed by atoms with Crippen molar-refractivity contribution in [3.63, 3.8) is 0 Å². The molecule has 6 heteroatoms. The molecule has 114 valence electrons. The van der Waals surface area contributed by atoms with Crippen molar-refractivity contribution in [2.45, 2.75) is 19.8 Å². The number of halogens is 2. The smallest absolute Gasteiger partial charge is 0.310 e. The summed E-state index contributed by atoms with van der Waals surface area (Å²) in [5, 5.41) is 0. The average molecular weight is 358 g/mol. The van der Waals surface area contributed by atoms with Crippen molar-refractivity contribution in [3.05, 3.63) is 34.1 Å². The summed E-state index contributed by atoms with van der Waals surface area (Å²) in [5.41, 5.74) is 0.277. The Bertz CT molecular complexity index is 550. The van der Waals surface area contributed by atoms with E-state index in [4.69, 9.17) is 4.74 Å². The van der Waals surface area contributed by atoms with Crippen LogP contribution in [0.1, 0.15) is 30.1 Å². The number of nitrogens with zero attached hydrogens (tertiary/aromatic N) is 1. The van der Waals surface area contributed by atoms with E-state index in [1.807, 2.05) is 0 Å². The van der Waals surface area contributed by atoms with Gasteiger partial charge >= 0.3 is 5.97 Å². The van der Waals surface area contributed by atoms with Crippen LogP contribution in [0.5, 0.6) is 0 Å². The topological polar surface area (TPSA) is 46.6 Å². The molecule has 1 heterocycles. The summed E-state index contributed by atoms with van der Waals surface area (Å²) in [4.78, 5) is 25.9. The molecule has 1 amide bonds. The van der Waals surface area contributed by atoms with Gasteiger partial charge in [-0.2, -0.15) is 0 Å². The lowest BCUT2D eigenvalue weighted by atomic mass is 9.97. The molecule has 1 aliphatic rings. The van der Waals surface area contributed by atoms with Crippen molar-refractivity contribution in [1.82, 2.24) is 4.90 Å². The molecule has 0 unspecified atom stereocenters. The number of rotatable bonds is 3. The van der Waals surface area contributed by atoms with Crippen LogP contribution in [-0.4, -0.2) is 36.5 Å². The van der Waals surface area contributed by atoms with Crippen LogP contribution in [0.15, 0.2) is 22.7 Å². The minimum Gasteiger partial charge on any atom is -0.466 e. The van der Waals surface area contributed by atoms with Crippen LogP contribution in [0, 0.1) is 11.7 Å². The van der Waals surface area contributed by atoms with Crippen molar-refractivity contribution in [1.29, 1.82) is 0 Å². The third-order valence-electron chi connectivity index (χ3n) is 3.49. The molecule has 1 atom stereocenters. The van der Waals surface area contributed by atoms with Gasteiger partial charge in [-0.25, -0.2) is 4.39 Å². The van der Waals surface area contributed by atoms with Gasteiger partial charge in [-0.1, -0.05) is 0 Å². The lowest BCUT2D eigenvalue weighted by Crippen LogP contribution is -2.43. The number of benzene rings is 1. The van der Waals surface area contributed by atoms with Crippen molar-refractivity contribution < 1.29 is 18.7 Å². The molecule has 1 aromatic carbocycles. The summed E-state index contributed by atoms with van der Waals surface area (Å²) in [6.07, 6.45) is 1.45. The van der Waals surface area contributed by atoms with Crippen LogP contribution in [0.3, 0.4) is 0 Å². The molecule has 21 heavy (non-hydrogen) atoms. The molecule has 0 aliphatic carbocycles. The molecule has 1 fully saturated rings. The van der Waals surface area contributed by atoms with Crippen LogP contribution < -0.4 is 0 Å². The predicted molar refractivity (Wildman–Crippen MR) is 79.4 cm³/mol. The van der Waals surface area contributed by atoms with E-state index in [1.54, 1.807) is 11.8 Å². The molecule has 0 saturated carbocycles. The normalized spacial score (nSPS) is 18.4. The van der Waals surface area contributed by atoms with Gasteiger partial charge in [-0.3, -0.25) is 9.59 Å². The van der Waals surface area contributed by atoms with E-state index in [-0.39, 0.29) is 23.4 Å². The minimum absolute atomic E-state index is 0.268. The summed E-state index contributed by atoms with van der Waals surface area (Å²) in [6.45, 7) is 2.98. The summed E-state index contributed by atoms with van der Waals surface area (Å²) in [7, 11) is 0. The van der Waals surface area contributed by atoms with Gasteiger partial charge in [0.1, 0.15) is 5.82 Å². The Morgan fingerprint density at radius 3 is 2.95 bits per heavy atom. The van der Waals surface area contributed by atoms with Crippen LogP contribution >= 0.6 is 15.9 Å². The summed E-state index contributed by atoms with van der Waals surface area (Å²) in [5.74, 6) is -1.29. The van der Waals surface area contributed by atoms with Gasteiger partial charge in [-0.15, -0.1) is 0 Å². The largest absolute Gasteiger partial charge is 0.466 e. The van der Waals surface area contributed by atoms with E-state index in [0.717, 1.165) is 6.42 Å². The van der Waals surface area contributed by atoms with Gasteiger partial charge in [0.05, 0.1) is 18.1 Å². The number of hydrogen-bond acceptors (Lipinski definition) is 3. The Morgan fingerprint density at radius 2 is 2.24 bits per heavy atom. The SMILES string of the molecule is CCOC(=O)[C@H]1CCCN(C(=O)c2cc(F)ccc2Br)C1. The van der Waals surface area contributed by atoms with Gasteiger partial charge in [0.15, 0.2) is 0 Å². The summed E-state index contributed by atoms with van der Waals surface area (Å²) < 4.78 is 18.9. The Labute approximate surface area is 131 Å². The first-order valence-corrected chi connectivity index (χ1v) is 7.73. The monoisotopic (exact) mass is 357 g/mol. The van der Waals surface area contributed by atoms with Crippen LogP contribution in [0.2, 0.25) is 0 Å². The number of carbonyl (C=O) groups is 2. The summed E-state index contributed by atoms with van der Waals surface area (Å²) in [6, 6.07) is 4.01. The number of esters is 1. The van der Waals surface area contributed by atoms with Crippen LogP contribution in [-0.2, 0) is 9.53 Å². The van der Waals surface area contributed by atoms with Gasteiger partial charge in [0, 0.05) is 17.6 Å². The quantitative estimate of drug-likeness (QED) is 0.781. The van der Waals surface area contributed by atoms with Gasteiger partial charge < -0.3 is 9.64 Å². The van der Waals surface area contributed by atoms with E-state index < -0.39 is 5.82 Å². The third-order valence-corrected chi connectivity index (χ3v) is 4.18. The molecule has 1 aromatic rings. The average Bonchev–Trinajstić information content (AvgIpc) is 2.49. The summed E-state index contributed by atoms with van der Waals surface area (Å²) >= 11 is 3.26. The third kappa shape index (κ3) is 3.81. The second-order valence-corrected chi connectivity index (χ2v) is 5.82. The highest BCUT2D eigenvalue weighted by Crippen LogP contribution is 2.24. The fraction of sp³-hybridized carbons (Fsp3) is 0.467. The fourth-order valence-corrected chi connectivity index (χ4v) is 2.86. The minimum atomic E-state index is -0.458. The first-order chi connectivity index (χ1) is 10.0. The molecule has 0 radical (unpaired) electrons. The molecule has 0 aromatic heterocycles. The maximum atomic E-state index is 13.3. The number of likely N-dealkylation sites (tertiary alicyclic amines) is 1. The molecule has 0 spiro atoms. The second kappa shape index (κ2) is 7.02. The lowest BCUT2D eigenvalue weighted by molar-refractivity contribution is -0.149. The molecule has 4 nitrogen and oxygen atoms in total. The predicted octanol–water partition coefficient (Wildman–Crippen LogP) is 3.00. The van der Waals surface area contributed by atoms with Crippen molar-refractivity contribution >= 4 is 27.8 Å². The number of ether oxygens (including phenoxy) is 1. The molecular formula is C15H17BrFNO3. The van der Waals surface area contributed by atoms with Crippen molar-refractivity contribution in [2.75, 3.05) is 19.7 Å². The highest BCUT2D eigenvalue weighted by atomic mass is 79.9. The highest BCUT2D eigenvalue weighted by Gasteiger charge is 2.30. The standard InChI is InChI=1S/C15H17BrFNO3/c1-2-21-15(20)10-4-3-7-18(9-10)14(19)12-8-11(17)5-6-13(12)16/h5-6,8,10H,2-4,7,9H2,1H3/t10-/m0/s1. The van der Waals surface area contributed by atoms with E-state index in [9.17, 15) is 14.0 Å². The zero-order valence-corrected chi connectivity index (χ0v) is 13.4. The Morgan fingerprint density at radius 1 is 1.48 bits per heavy atom. The Kier molecular flexibility index (Phi) is 5.33. The molecule has 1 aliphatic heterocycles. The number of hydrogen-bond donors (Lipinski definition) is 0. The second-order valence-electron chi connectivity index (χ2n) is 4.97. The van der Waals surface area contributed by atoms with Crippen LogP contribution in [0.4, 0.5) is 4.39 Å². The van der Waals surface area contributed by atoms with E-state index in [1.165, 1.54) is 18.2 Å². The first kappa shape index (κ1) is 15.9. The highest BCUT2D eigenvalue weighted by molar-refractivity contribution is 9.10. The maximum absolute atomic E-state index is 13.3. The van der Waals surface area contributed by atoms with Crippen molar-refractivity contribution in [2.24, 2.45) is 5.92 Å². The number of piperidine rings is 1. The molecule has 0 N–H and O–H groups in total. The van der Waals surface area contributed by atoms with E-state index in [2.05, 4.69) is 15.9 Å². The Balaban J connectivity index is 2.12. The molecular weight excluding hydrogens is 341 g/mol. The first-order valence-electron chi connectivity index (χ1n) is 6.94. The van der Waals surface area contributed by atoms with Crippen molar-refractivity contribution in [3.8, 4) is 0 Å². The van der Waals surface area contributed by atoms with Gasteiger partial charge in [0.25, 0.3) is 5.91 Å². The molecule has 2 rings (SSSR count). The molecule has 0 bridgehead atoms. The Hall–Kier alpha value is -1.43. The van der Waals surface area contributed by atoms with E-state index in [0.29, 0.717) is 30.6 Å².